The number of para-hydroxylation sites is 1. The van der Waals surface area contributed by atoms with Gasteiger partial charge in [0.2, 0.25) is 0 Å². The van der Waals surface area contributed by atoms with Crippen LogP contribution in [0.2, 0.25) is 5.02 Å². The molecule has 1 heterocycles. The summed E-state index contributed by atoms with van der Waals surface area (Å²) < 4.78 is 0. The summed E-state index contributed by atoms with van der Waals surface area (Å²) in [5.74, 6) is 0. The summed E-state index contributed by atoms with van der Waals surface area (Å²) in [5, 5.41) is 3.89. The second kappa shape index (κ2) is 4.41. The number of pyridine rings is 1. The highest BCUT2D eigenvalue weighted by Crippen LogP contribution is 2.30. The first-order valence-corrected chi connectivity index (χ1v) is 5.28. The van der Waals surface area contributed by atoms with Gasteiger partial charge in [-0.3, -0.25) is 4.98 Å². The molecule has 0 bridgehead atoms. The minimum Gasteiger partial charge on any atom is -0.396 e. The monoisotopic (exact) mass is 233 g/mol. The molecule has 82 valence electrons. The van der Waals surface area contributed by atoms with E-state index in [4.69, 9.17) is 17.3 Å². The molecule has 1 aromatic carbocycles. The fraction of sp³-hybridized carbons (Fsp3) is 0.0833. The predicted octanol–water partition coefficient (Wildman–Crippen LogP) is 3.37. The average Bonchev–Trinajstić information content (AvgIpc) is 2.26. The molecule has 0 radical (unpaired) electrons. The number of rotatable bonds is 2. The first kappa shape index (κ1) is 10.8. The number of nitrogens with one attached hydrogen (secondary N) is 1. The molecule has 0 atom stereocenters. The van der Waals surface area contributed by atoms with Crippen LogP contribution in [0, 0.1) is 6.92 Å². The van der Waals surface area contributed by atoms with E-state index in [1.807, 2.05) is 31.2 Å². The number of anilines is 3. The molecule has 16 heavy (non-hydrogen) atoms. The van der Waals surface area contributed by atoms with Gasteiger partial charge in [-0.05, 0) is 24.6 Å². The number of nitrogens with two attached hydrogens (primary N) is 1. The van der Waals surface area contributed by atoms with Crippen molar-refractivity contribution < 1.29 is 0 Å². The van der Waals surface area contributed by atoms with E-state index in [2.05, 4.69) is 10.3 Å². The summed E-state index contributed by atoms with van der Waals surface area (Å²) in [6.45, 7) is 1.99. The van der Waals surface area contributed by atoms with E-state index >= 15 is 0 Å². The van der Waals surface area contributed by atoms with Crippen LogP contribution in [0.5, 0.6) is 0 Å². The number of halogens is 1. The predicted molar refractivity (Wildman–Crippen MR) is 68.1 cm³/mol. The Balaban J connectivity index is 2.38. The van der Waals surface area contributed by atoms with Crippen LogP contribution in [0.4, 0.5) is 17.1 Å². The first-order valence-electron chi connectivity index (χ1n) is 4.90. The maximum absolute atomic E-state index is 6.11. The van der Waals surface area contributed by atoms with Gasteiger partial charge in [0.25, 0.3) is 0 Å². The van der Waals surface area contributed by atoms with Crippen LogP contribution >= 0.6 is 11.6 Å². The molecule has 0 aliphatic heterocycles. The molecule has 0 saturated heterocycles. The smallest absolute Gasteiger partial charge is 0.0739 e. The molecule has 0 spiro atoms. The van der Waals surface area contributed by atoms with Gasteiger partial charge in [-0.15, -0.1) is 0 Å². The Morgan fingerprint density at radius 2 is 2.12 bits per heavy atom. The van der Waals surface area contributed by atoms with Crippen LogP contribution in [0.25, 0.3) is 0 Å². The third-order valence-electron chi connectivity index (χ3n) is 2.33. The van der Waals surface area contributed by atoms with Crippen LogP contribution < -0.4 is 11.1 Å². The van der Waals surface area contributed by atoms with Gasteiger partial charge in [0, 0.05) is 6.20 Å². The largest absolute Gasteiger partial charge is 0.396 e. The van der Waals surface area contributed by atoms with Crippen molar-refractivity contribution in [1.82, 2.24) is 4.98 Å². The lowest BCUT2D eigenvalue weighted by atomic mass is 10.2. The molecule has 0 saturated carbocycles. The van der Waals surface area contributed by atoms with Gasteiger partial charge in [-0.1, -0.05) is 23.7 Å². The molecule has 3 N–H and O–H groups in total. The highest BCUT2D eigenvalue weighted by atomic mass is 35.5. The molecular weight excluding hydrogens is 222 g/mol. The molecule has 0 aliphatic rings. The zero-order chi connectivity index (χ0) is 11.5. The normalized spacial score (nSPS) is 10.1. The molecule has 2 rings (SSSR count). The van der Waals surface area contributed by atoms with E-state index in [0.717, 1.165) is 16.9 Å². The maximum atomic E-state index is 6.11. The van der Waals surface area contributed by atoms with Gasteiger partial charge in [0.1, 0.15) is 0 Å². The summed E-state index contributed by atoms with van der Waals surface area (Å²) in [5.41, 5.74) is 9.16. The average molecular weight is 234 g/mol. The van der Waals surface area contributed by atoms with Gasteiger partial charge in [0.05, 0.1) is 28.3 Å². The Bertz CT molecular complexity index is 491. The number of nitrogen functional groups attached to an aromatic ring is 1. The zero-order valence-corrected chi connectivity index (χ0v) is 9.62. The Kier molecular flexibility index (Phi) is 2.97. The van der Waals surface area contributed by atoms with Gasteiger partial charge in [-0.25, -0.2) is 0 Å². The minimum atomic E-state index is 0.599. The van der Waals surface area contributed by atoms with Crippen molar-refractivity contribution in [2.24, 2.45) is 0 Å². The van der Waals surface area contributed by atoms with Crippen molar-refractivity contribution in [2.75, 3.05) is 11.1 Å². The number of hydrogen-bond donors (Lipinski definition) is 2. The Hall–Kier alpha value is -1.74. The van der Waals surface area contributed by atoms with E-state index in [0.29, 0.717) is 10.7 Å². The fourth-order valence-electron chi connectivity index (χ4n) is 1.45. The third kappa shape index (κ3) is 2.09. The van der Waals surface area contributed by atoms with Crippen LogP contribution in [-0.4, -0.2) is 4.98 Å². The number of nitrogens with zero attached hydrogens (tertiary/aromatic N) is 1. The quantitative estimate of drug-likeness (QED) is 0.836. The van der Waals surface area contributed by atoms with Gasteiger partial charge in [0.15, 0.2) is 0 Å². The van der Waals surface area contributed by atoms with Crippen LogP contribution in [0.1, 0.15) is 5.56 Å². The summed E-state index contributed by atoms with van der Waals surface area (Å²) in [7, 11) is 0. The summed E-state index contributed by atoms with van der Waals surface area (Å²) in [6, 6.07) is 7.57. The minimum absolute atomic E-state index is 0.599. The lowest BCUT2D eigenvalue weighted by Gasteiger charge is -2.12. The number of benzene rings is 1. The first-order chi connectivity index (χ1) is 7.68. The molecule has 0 fully saturated rings. The van der Waals surface area contributed by atoms with Crippen molar-refractivity contribution in [3.63, 3.8) is 0 Å². The summed E-state index contributed by atoms with van der Waals surface area (Å²) in [6.07, 6.45) is 3.29. The summed E-state index contributed by atoms with van der Waals surface area (Å²) in [4.78, 5) is 3.93. The van der Waals surface area contributed by atoms with Gasteiger partial charge < -0.3 is 11.1 Å². The van der Waals surface area contributed by atoms with Gasteiger partial charge in [-0.2, -0.15) is 0 Å². The van der Waals surface area contributed by atoms with Crippen molar-refractivity contribution in [2.45, 2.75) is 6.92 Å². The standard InChI is InChI=1S/C12H12ClN3/c1-8-3-2-4-9(13)12(8)16-11-5-6-15-7-10(11)14/h2-7H,14H2,1H3,(H,15,16). The zero-order valence-electron chi connectivity index (χ0n) is 8.87. The van der Waals surface area contributed by atoms with E-state index in [9.17, 15) is 0 Å². The second-order valence-corrected chi connectivity index (χ2v) is 3.93. The summed E-state index contributed by atoms with van der Waals surface area (Å²) >= 11 is 6.11. The number of hydrogen-bond acceptors (Lipinski definition) is 3. The Labute approximate surface area is 99.3 Å². The second-order valence-electron chi connectivity index (χ2n) is 3.52. The molecule has 0 amide bonds. The van der Waals surface area contributed by atoms with Crippen molar-refractivity contribution in [3.05, 3.63) is 47.2 Å². The molecular formula is C12H12ClN3. The molecule has 0 aliphatic carbocycles. The van der Waals surface area contributed by atoms with Crippen LogP contribution in [0.15, 0.2) is 36.7 Å². The lowest BCUT2D eigenvalue weighted by molar-refractivity contribution is 1.32. The number of aryl methyl sites for hydroxylation is 1. The lowest BCUT2D eigenvalue weighted by Crippen LogP contribution is -1.98. The van der Waals surface area contributed by atoms with Crippen molar-refractivity contribution in [3.8, 4) is 0 Å². The SMILES string of the molecule is Cc1cccc(Cl)c1Nc1ccncc1N. The maximum Gasteiger partial charge on any atom is 0.0739 e. The van der Waals surface area contributed by atoms with E-state index in [1.54, 1.807) is 12.4 Å². The molecule has 4 heteroatoms. The molecule has 3 nitrogen and oxygen atoms in total. The van der Waals surface area contributed by atoms with Crippen molar-refractivity contribution >= 4 is 28.7 Å². The fourth-order valence-corrected chi connectivity index (χ4v) is 1.71. The molecule has 0 unspecified atom stereocenters. The van der Waals surface area contributed by atoms with Crippen LogP contribution in [-0.2, 0) is 0 Å². The van der Waals surface area contributed by atoms with E-state index in [-0.39, 0.29) is 0 Å². The Morgan fingerprint density at radius 3 is 2.81 bits per heavy atom. The molecule has 1 aromatic heterocycles. The topological polar surface area (TPSA) is 50.9 Å². The molecule has 2 aromatic rings. The third-order valence-corrected chi connectivity index (χ3v) is 2.65. The van der Waals surface area contributed by atoms with E-state index in [1.165, 1.54) is 0 Å². The highest BCUT2D eigenvalue weighted by molar-refractivity contribution is 6.33. The Morgan fingerprint density at radius 1 is 1.31 bits per heavy atom. The highest BCUT2D eigenvalue weighted by Gasteiger charge is 2.05. The number of aromatic nitrogens is 1. The van der Waals surface area contributed by atoms with Gasteiger partial charge >= 0.3 is 0 Å². The van der Waals surface area contributed by atoms with Crippen molar-refractivity contribution in [1.29, 1.82) is 0 Å². The van der Waals surface area contributed by atoms with Crippen LogP contribution in [0.3, 0.4) is 0 Å². The van der Waals surface area contributed by atoms with E-state index < -0.39 is 0 Å².